The number of benzene rings is 1. The fourth-order valence-corrected chi connectivity index (χ4v) is 2.47. The maximum absolute atomic E-state index is 13.7. The van der Waals surface area contributed by atoms with Crippen molar-refractivity contribution in [2.24, 2.45) is 0 Å². The Labute approximate surface area is 149 Å². The Morgan fingerprint density at radius 1 is 1.56 bits per heavy atom. The fourth-order valence-electron chi connectivity index (χ4n) is 1.67. The topological polar surface area (TPSA) is 20.3 Å². The molecule has 0 saturated heterocycles. The number of nitrogens with zero attached hydrogens (tertiary/aromatic N) is 1. The number of hydrogen-bond donors (Lipinski definition) is 0. The largest absolute Gasteiger partial charge is 0.349 e. The molecule has 0 saturated carbocycles. The van der Waals surface area contributed by atoms with Crippen LogP contribution in [0.25, 0.3) is 5.70 Å². The third kappa shape index (κ3) is 3.32. The Hall–Kier alpha value is 0.484. The van der Waals surface area contributed by atoms with Gasteiger partial charge in [0.25, 0.3) is 0 Å². The summed E-state index contributed by atoms with van der Waals surface area (Å²) in [5, 5.41) is 0.336. The predicted octanol–water partition coefficient (Wildman–Crippen LogP) is 3.29. The SMILES string of the molecule is CN1C(=O)C(I)C[C-]=C1c1ccc(Cl)cc1F.[Y]. The van der Waals surface area contributed by atoms with E-state index in [1.54, 1.807) is 19.2 Å². The van der Waals surface area contributed by atoms with Crippen molar-refractivity contribution in [3.63, 3.8) is 0 Å². The van der Waals surface area contributed by atoms with E-state index in [0.717, 1.165) is 0 Å². The summed E-state index contributed by atoms with van der Waals surface area (Å²) in [4.78, 5) is 13.2. The van der Waals surface area contributed by atoms with E-state index in [-0.39, 0.29) is 42.5 Å². The zero-order valence-electron chi connectivity index (χ0n) is 9.58. The van der Waals surface area contributed by atoms with E-state index in [2.05, 4.69) is 28.7 Å². The van der Waals surface area contributed by atoms with Gasteiger partial charge < -0.3 is 4.90 Å². The van der Waals surface area contributed by atoms with Crippen LogP contribution >= 0.6 is 34.2 Å². The summed E-state index contributed by atoms with van der Waals surface area (Å²) in [7, 11) is 1.63. The number of carbonyl (C=O) groups excluding carboxylic acids is 1. The van der Waals surface area contributed by atoms with E-state index in [1.165, 1.54) is 11.0 Å². The van der Waals surface area contributed by atoms with Gasteiger partial charge in [-0.1, -0.05) is 46.7 Å². The summed E-state index contributed by atoms with van der Waals surface area (Å²) >= 11 is 7.75. The van der Waals surface area contributed by atoms with Crippen LogP contribution in [0, 0.1) is 11.9 Å². The second-order valence-electron chi connectivity index (χ2n) is 3.72. The molecular formula is C12H9ClFINOY-. The van der Waals surface area contributed by atoms with Gasteiger partial charge in [-0.3, -0.25) is 4.79 Å². The quantitative estimate of drug-likeness (QED) is 0.363. The smallest absolute Gasteiger partial charge is 0.235 e. The van der Waals surface area contributed by atoms with E-state index < -0.39 is 5.82 Å². The summed E-state index contributed by atoms with van der Waals surface area (Å²) in [5.41, 5.74) is 0.839. The molecule has 2 rings (SSSR count). The number of allylic oxidation sites excluding steroid dienone is 1. The van der Waals surface area contributed by atoms with Crippen molar-refractivity contribution in [2.75, 3.05) is 7.05 Å². The Kier molecular flexibility index (Phi) is 6.22. The van der Waals surface area contributed by atoms with E-state index in [9.17, 15) is 9.18 Å². The Morgan fingerprint density at radius 3 is 2.83 bits per heavy atom. The predicted molar refractivity (Wildman–Crippen MR) is 73.3 cm³/mol. The van der Waals surface area contributed by atoms with E-state index >= 15 is 0 Å². The molecule has 0 aliphatic carbocycles. The monoisotopic (exact) mass is 453 g/mol. The molecule has 0 N–H and O–H groups in total. The summed E-state index contributed by atoms with van der Waals surface area (Å²) in [6, 6.07) is 4.40. The molecular weight excluding hydrogens is 444 g/mol. The molecule has 1 heterocycles. The molecule has 1 aliphatic rings. The summed E-state index contributed by atoms with van der Waals surface area (Å²) in [6.07, 6.45) is 3.56. The molecule has 18 heavy (non-hydrogen) atoms. The van der Waals surface area contributed by atoms with Crippen molar-refractivity contribution in [1.82, 2.24) is 4.90 Å². The molecule has 1 amide bonds. The molecule has 0 bridgehead atoms. The molecule has 0 fully saturated rings. The summed E-state index contributed by atoms with van der Waals surface area (Å²) in [5.74, 6) is -0.472. The third-order valence-corrected chi connectivity index (χ3v) is 3.78. The van der Waals surface area contributed by atoms with Crippen molar-refractivity contribution in [1.29, 1.82) is 0 Å². The standard InChI is InChI=1S/C12H9ClFINO.Y/c1-16-11(5-4-10(15)12(16)17)8-3-2-7(13)6-9(8)14;/h2-3,6,10H,4H2,1H3;/q-1;. The van der Waals surface area contributed by atoms with E-state index in [4.69, 9.17) is 11.6 Å². The maximum Gasteiger partial charge on any atom is 0.235 e. The number of carbonyl (C=O) groups is 1. The van der Waals surface area contributed by atoms with Gasteiger partial charge in [0.2, 0.25) is 5.91 Å². The molecule has 1 aliphatic heterocycles. The van der Waals surface area contributed by atoms with Crippen LogP contribution in [0.3, 0.4) is 0 Å². The van der Waals surface area contributed by atoms with Crippen molar-refractivity contribution < 1.29 is 41.9 Å². The molecule has 6 heteroatoms. The molecule has 1 aromatic rings. The average molecular weight is 453 g/mol. The molecule has 1 aromatic carbocycles. The van der Waals surface area contributed by atoms with Gasteiger partial charge in [-0.2, -0.15) is 0 Å². The van der Waals surface area contributed by atoms with Gasteiger partial charge >= 0.3 is 0 Å². The number of halogens is 3. The normalized spacial score (nSPS) is 19.3. The maximum atomic E-state index is 13.7. The number of hydrogen-bond acceptors (Lipinski definition) is 1. The Bertz CT molecular complexity index is 509. The van der Waals surface area contributed by atoms with E-state index in [1.807, 2.05) is 0 Å². The van der Waals surface area contributed by atoms with Crippen molar-refractivity contribution >= 4 is 45.8 Å². The average Bonchev–Trinajstić information content (AvgIpc) is 2.28. The molecule has 0 aromatic heterocycles. The van der Waals surface area contributed by atoms with Gasteiger partial charge in [-0.05, 0) is 6.07 Å². The van der Waals surface area contributed by atoms with Crippen LogP contribution in [0.2, 0.25) is 5.02 Å². The number of alkyl halides is 1. The van der Waals surface area contributed by atoms with E-state index in [0.29, 0.717) is 22.7 Å². The summed E-state index contributed by atoms with van der Waals surface area (Å²) < 4.78 is 13.6. The van der Waals surface area contributed by atoms with Crippen LogP contribution in [-0.4, -0.2) is 21.8 Å². The minimum Gasteiger partial charge on any atom is -0.349 e. The first-order chi connectivity index (χ1) is 8.00. The van der Waals surface area contributed by atoms with Gasteiger partial charge in [-0.15, -0.1) is 17.3 Å². The molecule has 1 unspecified atom stereocenters. The molecule has 1 atom stereocenters. The molecule has 2 nitrogen and oxygen atoms in total. The first-order valence-corrected chi connectivity index (χ1v) is 6.61. The van der Waals surface area contributed by atoms with Gasteiger partial charge in [0.15, 0.2) is 0 Å². The van der Waals surface area contributed by atoms with Gasteiger partial charge in [0, 0.05) is 44.8 Å². The van der Waals surface area contributed by atoms with Gasteiger partial charge in [0.1, 0.15) is 0 Å². The zero-order chi connectivity index (χ0) is 12.6. The zero-order valence-corrected chi connectivity index (χ0v) is 15.3. The molecule has 93 valence electrons. The molecule has 1 radical (unpaired) electrons. The van der Waals surface area contributed by atoms with Crippen molar-refractivity contribution in [3.05, 3.63) is 40.7 Å². The van der Waals surface area contributed by atoms with Crippen LogP contribution < -0.4 is 0 Å². The first kappa shape index (κ1) is 16.5. The summed E-state index contributed by atoms with van der Waals surface area (Å²) in [6.45, 7) is 0. The van der Waals surface area contributed by atoms with Crippen LogP contribution in [0.5, 0.6) is 0 Å². The van der Waals surface area contributed by atoms with Crippen molar-refractivity contribution in [3.8, 4) is 0 Å². The first-order valence-electron chi connectivity index (χ1n) is 4.98. The Morgan fingerprint density at radius 2 is 2.22 bits per heavy atom. The number of rotatable bonds is 1. The second kappa shape index (κ2) is 6.77. The van der Waals surface area contributed by atoms with Crippen LogP contribution in [-0.2, 0) is 37.5 Å². The van der Waals surface area contributed by atoms with Crippen LogP contribution in [0.4, 0.5) is 4.39 Å². The molecule has 0 spiro atoms. The minimum atomic E-state index is -0.438. The van der Waals surface area contributed by atoms with Crippen molar-refractivity contribution in [2.45, 2.75) is 10.3 Å². The Balaban J connectivity index is 0.00000162. The van der Waals surface area contributed by atoms with Crippen LogP contribution in [0.1, 0.15) is 12.0 Å². The minimum absolute atomic E-state index is 0. The van der Waals surface area contributed by atoms with Gasteiger partial charge in [-0.25, -0.2) is 10.5 Å². The van der Waals surface area contributed by atoms with Crippen LogP contribution in [0.15, 0.2) is 18.2 Å². The third-order valence-electron chi connectivity index (χ3n) is 2.57. The van der Waals surface area contributed by atoms with Gasteiger partial charge in [0.05, 0.1) is 9.74 Å². The fraction of sp³-hybridized carbons (Fsp3) is 0.250. The second-order valence-corrected chi connectivity index (χ2v) is 5.66. The number of amides is 1.